The number of carbonyl (C=O) groups excluding carboxylic acids is 3. The quantitative estimate of drug-likeness (QED) is 0.809. The van der Waals surface area contributed by atoms with Crippen molar-refractivity contribution in [3.8, 4) is 0 Å². The van der Waals surface area contributed by atoms with Crippen molar-refractivity contribution in [1.29, 1.82) is 0 Å². The van der Waals surface area contributed by atoms with Crippen LogP contribution >= 0.6 is 0 Å². The van der Waals surface area contributed by atoms with Crippen molar-refractivity contribution in [2.45, 2.75) is 12.8 Å². The number of anilines is 1. The van der Waals surface area contributed by atoms with Crippen LogP contribution in [0.3, 0.4) is 0 Å². The van der Waals surface area contributed by atoms with Crippen LogP contribution in [0.5, 0.6) is 0 Å². The van der Waals surface area contributed by atoms with Gasteiger partial charge in [-0.2, -0.15) is 0 Å². The van der Waals surface area contributed by atoms with Crippen LogP contribution in [0.2, 0.25) is 0 Å². The van der Waals surface area contributed by atoms with Gasteiger partial charge >= 0.3 is 12.0 Å². The first kappa shape index (κ1) is 13.1. The number of imide groups is 1. The van der Waals surface area contributed by atoms with E-state index < -0.39 is 12.0 Å². The molecule has 0 aromatic heterocycles. The maximum absolute atomic E-state index is 11.6. The zero-order valence-electron chi connectivity index (χ0n) is 10.4. The highest BCUT2D eigenvalue weighted by Crippen LogP contribution is 2.28. The van der Waals surface area contributed by atoms with Crippen molar-refractivity contribution in [1.82, 2.24) is 5.32 Å². The molecule has 1 fully saturated rings. The van der Waals surface area contributed by atoms with Crippen molar-refractivity contribution in [3.63, 3.8) is 0 Å². The standard InChI is InChI=1S/C13H14N2O4/c1-19-12(17)9-4-2-3-5-10(9)14-13(18)15-11(16)8-6-7-8/h2-5,8H,6-7H2,1H3,(H2,14,15,16,18). The molecule has 19 heavy (non-hydrogen) atoms. The largest absolute Gasteiger partial charge is 0.465 e. The van der Waals surface area contributed by atoms with Gasteiger partial charge in [0.05, 0.1) is 18.4 Å². The first-order chi connectivity index (χ1) is 9.11. The van der Waals surface area contributed by atoms with Crippen LogP contribution in [-0.2, 0) is 9.53 Å². The molecule has 0 heterocycles. The summed E-state index contributed by atoms with van der Waals surface area (Å²) in [5.74, 6) is -0.890. The minimum Gasteiger partial charge on any atom is -0.465 e. The molecule has 2 N–H and O–H groups in total. The molecule has 2 rings (SSSR count). The average Bonchev–Trinajstić information content (AvgIpc) is 3.22. The molecule has 6 nitrogen and oxygen atoms in total. The summed E-state index contributed by atoms with van der Waals surface area (Å²) < 4.78 is 4.61. The summed E-state index contributed by atoms with van der Waals surface area (Å²) in [5.41, 5.74) is 0.537. The van der Waals surface area contributed by atoms with Gasteiger partial charge in [-0.3, -0.25) is 10.1 Å². The van der Waals surface area contributed by atoms with Gasteiger partial charge in [-0.1, -0.05) is 12.1 Å². The Balaban J connectivity index is 2.03. The lowest BCUT2D eigenvalue weighted by atomic mass is 10.2. The summed E-state index contributed by atoms with van der Waals surface area (Å²) in [4.78, 5) is 34.5. The number of urea groups is 1. The zero-order chi connectivity index (χ0) is 13.8. The summed E-state index contributed by atoms with van der Waals surface area (Å²) in [6.07, 6.45) is 1.63. The third-order valence-electron chi connectivity index (χ3n) is 2.77. The molecule has 0 atom stereocenters. The highest BCUT2D eigenvalue weighted by atomic mass is 16.5. The number of rotatable bonds is 3. The van der Waals surface area contributed by atoms with Crippen molar-refractivity contribution in [2.24, 2.45) is 5.92 Å². The second kappa shape index (κ2) is 5.51. The predicted octanol–water partition coefficient (Wildman–Crippen LogP) is 1.53. The van der Waals surface area contributed by atoms with Gasteiger partial charge in [0.15, 0.2) is 0 Å². The summed E-state index contributed by atoms with van der Waals surface area (Å²) >= 11 is 0. The van der Waals surface area contributed by atoms with Crippen molar-refractivity contribution >= 4 is 23.6 Å². The van der Waals surface area contributed by atoms with Crippen LogP contribution in [0.4, 0.5) is 10.5 Å². The van der Waals surface area contributed by atoms with Crippen LogP contribution in [0.15, 0.2) is 24.3 Å². The third kappa shape index (κ3) is 3.31. The van der Waals surface area contributed by atoms with Crippen molar-refractivity contribution in [2.75, 3.05) is 12.4 Å². The minimum atomic E-state index is -0.645. The van der Waals surface area contributed by atoms with Gasteiger partial charge < -0.3 is 10.1 Å². The molecule has 0 radical (unpaired) electrons. The minimum absolute atomic E-state index is 0.0541. The number of ether oxygens (including phenoxy) is 1. The van der Waals surface area contributed by atoms with Gasteiger partial charge in [-0.25, -0.2) is 9.59 Å². The number of hydrogen-bond donors (Lipinski definition) is 2. The van der Waals surface area contributed by atoms with E-state index in [1.54, 1.807) is 18.2 Å². The molecular formula is C13H14N2O4. The Morgan fingerprint density at radius 1 is 1.21 bits per heavy atom. The lowest BCUT2D eigenvalue weighted by Gasteiger charge is -2.09. The summed E-state index contributed by atoms with van der Waals surface area (Å²) in [7, 11) is 1.26. The molecule has 0 bridgehead atoms. The maximum Gasteiger partial charge on any atom is 0.339 e. The molecule has 0 saturated heterocycles. The molecule has 100 valence electrons. The van der Waals surface area contributed by atoms with E-state index in [1.807, 2.05) is 0 Å². The molecule has 1 aliphatic rings. The van der Waals surface area contributed by atoms with E-state index in [0.717, 1.165) is 12.8 Å². The number of para-hydroxylation sites is 1. The fraction of sp³-hybridized carbons (Fsp3) is 0.308. The smallest absolute Gasteiger partial charge is 0.339 e. The molecule has 1 saturated carbocycles. The fourth-order valence-electron chi connectivity index (χ4n) is 1.59. The number of amides is 3. The Morgan fingerprint density at radius 2 is 1.89 bits per heavy atom. The molecule has 3 amide bonds. The fourth-order valence-corrected chi connectivity index (χ4v) is 1.59. The number of nitrogens with one attached hydrogen (secondary N) is 2. The molecule has 1 aliphatic carbocycles. The average molecular weight is 262 g/mol. The summed E-state index contributed by atoms with van der Waals surface area (Å²) in [6, 6.07) is 5.78. The van der Waals surface area contributed by atoms with Gasteiger partial charge in [0, 0.05) is 5.92 Å². The molecule has 1 aromatic carbocycles. The monoisotopic (exact) mass is 262 g/mol. The number of methoxy groups -OCH3 is 1. The number of benzene rings is 1. The zero-order valence-corrected chi connectivity index (χ0v) is 10.4. The number of hydrogen-bond acceptors (Lipinski definition) is 4. The van der Waals surface area contributed by atoms with E-state index in [1.165, 1.54) is 13.2 Å². The topological polar surface area (TPSA) is 84.5 Å². The molecule has 0 spiro atoms. The van der Waals surface area contributed by atoms with Crippen molar-refractivity contribution < 1.29 is 19.1 Å². The number of carbonyl (C=O) groups is 3. The van der Waals surface area contributed by atoms with Gasteiger partial charge in [-0.05, 0) is 25.0 Å². The van der Waals surface area contributed by atoms with E-state index in [2.05, 4.69) is 15.4 Å². The van der Waals surface area contributed by atoms with E-state index >= 15 is 0 Å². The first-order valence-electron chi connectivity index (χ1n) is 5.91. The van der Waals surface area contributed by atoms with E-state index in [9.17, 15) is 14.4 Å². The molecular weight excluding hydrogens is 248 g/mol. The Bertz CT molecular complexity index is 523. The highest BCUT2D eigenvalue weighted by molar-refractivity contribution is 6.05. The molecule has 0 unspecified atom stereocenters. The molecule has 1 aromatic rings. The molecule has 0 aliphatic heterocycles. The predicted molar refractivity (Wildman–Crippen MR) is 67.7 cm³/mol. The third-order valence-corrected chi connectivity index (χ3v) is 2.77. The van der Waals surface area contributed by atoms with E-state index in [0.29, 0.717) is 5.69 Å². The highest BCUT2D eigenvalue weighted by Gasteiger charge is 2.30. The maximum atomic E-state index is 11.6. The Hall–Kier alpha value is -2.37. The van der Waals surface area contributed by atoms with Crippen LogP contribution in [0, 0.1) is 5.92 Å². The van der Waals surface area contributed by atoms with Crippen molar-refractivity contribution in [3.05, 3.63) is 29.8 Å². The van der Waals surface area contributed by atoms with Crippen LogP contribution in [0.1, 0.15) is 23.2 Å². The lowest BCUT2D eigenvalue weighted by Crippen LogP contribution is -2.35. The normalized spacial score (nSPS) is 13.5. The van der Waals surface area contributed by atoms with Crippen LogP contribution < -0.4 is 10.6 Å². The van der Waals surface area contributed by atoms with Gasteiger partial charge in [-0.15, -0.1) is 0 Å². The molecule has 6 heteroatoms. The van der Waals surface area contributed by atoms with Gasteiger partial charge in [0.2, 0.25) is 5.91 Å². The summed E-state index contributed by atoms with van der Waals surface area (Å²) in [5, 5.41) is 4.70. The second-order valence-electron chi connectivity index (χ2n) is 4.25. The lowest BCUT2D eigenvalue weighted by molar-refractivity contribution is -0.121. The van der Waals surface area contributed by atoms with Gasteiger partial charge in [0.1, 0.15) is 0 Å². The Labute approximate surface area is 110 Å². The van der Waals surface area contributed by atoms with Gasteiger partial charge in [0.25, 0.3) is 0 Å². The SMILES string of the molecule is COC(=O)c1ccccc1NC(=O)NC(=O)C1CC1. The van der Waals surface area contributed by atoms with E-state index in [4.69, 9.17) is 0 Å². The van der Waals surface area contributed by atoms with Crippen LogP contribution in [-0.4, -0.2) is 25.0 Å². The Kier molecular flexibility index (Phi) is 3.79. The first-order valence-corrected chi connectivity index (χ1v) is 5.91. The van der Waals surface area contributed by atoms with E-state index in [-0.39, 0.29) is 17.4 Å². The Morgan fingerprint density at radius 3 is 2.53 bits per heavy atom. The second-order valence-corrected chi connectivity index (χ2v) is 4.25. The number of esters is 1. The summed E-state index contributed by atoms with van der Waals surface area (Å²) in [6.45, 7) is 0. The van der Waals surface area contributed by atoms with Crippen LogP contribution in [0.25, 0.3) is 0 Å².